The molecule has 0 aliphatic carbocycles. The van der Waals surface area contributed by atoms with Crippen molar-refractivity contribution in [2.24, 2.45) is 0 Å². The molecule has 0 saturated carbocycles. The third-order valence-corrected chi connectivity index (χ3v) is 2.53. The highest BCUT2D eigenvalue weighted by Gasteiger charge is 2.28. The largest absolute Gasteiger partial charge is 0.478 e. The van der Waals surface area contributed by atoms with Gasteiger partial charge in [0.1, 0.15) is 5.82 Å². The molecule has 21 heavy (non-hydrogen) atoms. The first-order valence-corrected chi connectivity index (χ1v) is 5.72. The summed E-state index contributed by atoms with van der Waals surface area (Å²) in [6.07, 6.45) is -5.55. The van der Waals surface area contributed by atoms with Crippen LogP contribution in [0.25, 0.3) is 0 Å². The Bertz CT molecular complexity index is 546. The molecular formula is C12H12F4N2O3. The molecule has 0 unspecified atom stereocenters. The Labute approximate surface area is 117 Å². The topological polar surface area (TPSA) is 69.6 Å². The molecular weight excluding hydrogens is 296 g/mol. The molecule has 0 radical (unpaired) electrons. The van der Waals surface area contributed by atoms with Gasteiger partial charge in [0.2, 0.25) is 0 Å². The minimum Gasteiger partial charge on any atom is -0.478 e. The predicted molar refractivity (Wildman–Crippen MR) is 65.7 cm³/mol. The Hall–Kier alpha value is -2.32. The highest BCUT2D eigenvalue weighted by molar-refractivity contribution is 5.93. The maximum absolute atomic E-state index is 13.1. The van der Waals surface area contributed by atoms with Crippen LogP contribution in [0.1, 0.15) is 16.8 Å². The number of benzene rings is 1. The summed E-state index contributed by atoms with van der Waals surface area (Å²) in [6, 6.07) is 1.97. The second-order valence-corrected chi connectivity index (χ2v) is 4.22. The van der Waals surface area contributed by atoms with Crippen LogP contribution in [0, 0.1) is 5.82 Å². The Kier molecular flexibility index (Phi) is 5.12. The van der Waals surface area contributed by atoms with Crippen molar-refractivity contribution < 1.29 is 32.3 Å². The summed E-state index contributed by atoms with van der Waals surface area (Å²) in [5.74, 6) is -2.50. The molecule has 2 N–H and O–H groups in total. The summed E-state index contributed by atoms with van der Waals surface area (Å²) in [6.45, 7) is -0.553. The first-order chi connectivity index (χ1) is 9.60. The maximum Gasteiger partial charge on any atom is 0.390 e. The number of halogens is 4. The van der Waals surface area contributed by atoms with Crippen LogP contribution in [0.5, 0.6) is 0 Å². The Balaban J connectivity index is 2.70. The predicted octanol–water partition coefficient (Wildman–Crippen LogP) is 2.94. The molecule has 1 rings (SSSR count). The van der Waals surface area contributed by atoms with Gasteiger partial charge >= 0.3 is 18.2 Å². The number of carbonyl (C=O) groups excluding carboxylic acids is 1. The van der Waals surface area contributed by atoms with E-state index in [9.17, 15) is 27.2 Å². The van der Waals surface area contributed by atoms with E-state index < -0.39 is 42.5 Å². The minimum absolute atomic E-state index is 0.0299. The van der Waals surface area contributed by atoms with Crippen molar-refractivity contribution in [3.63, 3.8) is 0 Å². The number of alkyl halides is 3. The summed E-state index contributed by atoms with van der Waals surface area (Å²) in [5, 5.41) is 10.9. The average molecular weight is 308 g/mol. The van der Waals surface area contributed by atoms with Gasteiger partial charge in [0.25, 0.3) is 0 Å². The lowest BCUT2D eigenvalue weighted by molar-refractivity contribution is -0.135. The molecule has 0 saturated heterocycles. The lowest BCUT2D eigenvalue weighted by Gasteiger charge is -2.19. The van der Waals surface area contributed by atoms with Gasteiger partial charge in [-0.3, -0.25) is 0 Å². The van der Waals surface area contributed by atoms with Crippen LogP contribution in [-0.4, -0.2) is 41.8 Å². The van der Waals surface area contributed by atoms with Crippen molar-refractivity contribution in [1.29, 1.82) is 0 Å². The van der Waals surface area contributed by atoms with E-state index in [0.29, 0.717) is 0 Å². The average Bonchev–Trinajstić information content (AvgIpc) is 2.36. The number of urea groups is 1. The van der Waals surface area contributed by atoms with Gasteiger partial charge in [-0.25, -0.2) is 14.0 Å². The number of aromatic carboxylic acids is 1. The third-order valence-electron chi connectivity index (χ3n) is 2.53. The van der Waals surface area contributed by atoms with E-state index in [4.69, 9.17) is 5.11 Å². The molecule has 0 bridgehead atoms. The monoisotopic (exact) mass is 308 g/mol. The number of amides is 2. The van der Waals surface area contributed by atoms with E-state index in [1.807, 2.05) is 0 Å². The number of carbonyl (C=O) groups is 2. The van der Waals surface area contributed by atoms with Gasteiger partial charge < -0.3 is 15.3 Å². The van der Waals surface area contributed by atoms with Crippen molar-refractivity contribution in [2.45, 2.75) is 12.6 Å². The van der Waals surface area contributed by atoms with Gasteiger partial charge in [-0.05, 0) is 18.2 Å². The highest BCUT2D eigenvalue weighted by atomic mass is 19.4. The van der Waals surface area contributed by atoms with Crippen LogP contribution in [0.3, 0.4) is 0 Å². The number of carboxylic acids is 1. The number of carboxylic acid groups (broad SMARTS) is 1. The Morgan fingerprint density at radius 2 is 1.95 bits per heavy atom. The fraction of sp³-hybridized carbons (Fsp3) is 0.333. The lowest BCUT2D eigenvalue weighted by atomic mass is 10.2. The smallest absolute Gasteiger partial charge is 0.390 e. The summed E-state index contributed by atoms with van der Waals surface area (Å²) >= 11 is 0. The SMILES string of the molecule is CN(CCC(F)(F)F)C(=O)Nc1ccc(F)c(C(=O)O)c1. The van der Waals surface area contributed by atoms with Crippen LogP contribution in [-0.2, 0) is 0 Å². The second kappa shape index (κ2) is 6.42. The highest BCUT2D eigenvalue weighted by Crippen LogP contribution is 2.20. The number of hydrogen-bond acceptors (Lipinski definition) is 2. The first kappa shape index (κ1) is 16.7. The number of hydrogen-bond donors (Lipinski definition) is 2. The number of nitrogens with zero attached hydrogens (tertiary/aromatic N) is 1. The van der Waals surface area contributed by atoms with Gasteiger partial charge in [-0.2, -0.15) is 13.2 Å². The summed E-state index contributed by atoms with van der Waals surface area (Å²) in [5.41, 5.74) is -0.677. The first-order valence-electron chi connectivity index (χ1n) is 5.72. The van der Waals surface area contributed by atoms with E-state index in [-0.39, 0.29) is 5.69 Å². The molecule has 116 valence electrons. The van der Waals surface area contributed by atoms with Crippen LogP contribution < -0.4 is 5.32 Å². The molecule has 2 amide bonds. The van der Waals surface area contributed by atoms with Gasteiger partial charge in [-0.15, -0.1) is 0 Å². The summed E-state index contributed by atoms with van der Waals surface area (Å²) in [4.78, 5) is 23.1. The molecule has 0 heterocycles. The van der Waals surface area contributed by atoms with Crippen LogP contribution in [0.4, 0.5) is 28.0 Å². The number of anilines is 1. The molecule has 0 spiro atoms. The molecule has 0 aliphatic rings. The molecule has 1 aromatic carbocycles. The van der Waals surface area contributed by atoms with E-state index in [1.165, 1.54) is 0 Å². The minimum atomic E-state index is -4.39. The second-order valence-electron chi connectivity index (χ2n) is 4.22. The zero-order valence-electron chi connectivity index (χ0n) is 10.9. The van der Waals surface area contributed by atoms with E-state index in [0.717, 1.165) is 30.1 Å². The standard InChI is InChI=1S/C12H12F4N2O3/c1-18(5-4-12(14,15)16)11(21)17-7-2-3-9(13)8(6-7)10(19)20/h2-3,6H,4-5H2,1H3,(H,17,21)(H,19,20). The van der Waals surface area contributed by atoms with Crippen molar-refractivity contribution in [3.05, 3.63) is 29.6 Å². The zero-order valence-corrected chi connectivity index (χ0v) is 10.9. The maximum atomic E-state index is 13.1. The van der Waals surface area contributed by atoms with Gasteiger partial charge in [-0.1, -0.05) is 0 Å². The van der Waals surface area contributed by atoms with Crippen LogP contribution >= 0.6 is 0 Å². The van der Waals surface area contributed by atoms with Crippen molar-refractivity contribution in [2.75, 3.05) is 18.9 Å². The van der Waals surface area contributed by atoms with Gasteiger partial charge in [0.05, 0.1) is 12.0 Å². The van der Waals surface area contributed by atoms with Crippen molar-refractivity contribution in [3.8, 4) is 0 Å². The quantitative estimate of drug-likeness (QED) is 0.840. The zero-order chi connectivity index (χ0) is 16.2. The normalized spacial score (nSPS) is 11.1. The fourth-order valence-corrected chi connectivity index (χ4v) is 1.38. The molecule has 1 aromatic rings. The van der Waals surface area contributed by atoms with E-state index in [1.54, 1.807) is 0 Å². The van der Waals surface area contributed by atoms with Crippen LogP contribution in [0.15, 0.2) is 18.2 Å². The number of rotatable bonds is 4. The van der Waals surface area contributed by atoms with Crippen molar-refractivity contribution in [1.82, 2.24) is 4.90 Å². The Morgan fingerprint density at radius 3 is 2.48 bits per heavy atom. The van der Waals surface area contributed by atoms with Crippen LogP contribution in [0.2, 0.25) is 0 Å². The molecule has 0 fully saturated rings. The third kappa shape index (κ3) is 5.28. The van der Waals surface area contributed by atoms with Crippen molar-refractivity contribution >= 4 is 17.7 Å². The summed E-state index contributed by atoms with van der Waals surface area (Å²) in [7, 11) is 1.16. The molecule has 0 atom stereocenters. The van der Waals surface area contributed by atoms with E-state index >= 15 is 0 Å². The summed E-state index contributed by atoms with van der Waals surface area (Å²) < 4.78 is 49.2. The van der Waals surface area contributed by atoms with Gasteiger partial charge in [0.15, 0.2) is 0 Å². The van der Waals surface area contributed by atoms with Gasteiger partial charge in [0, 0.05) is 19.3 Å². The van der Waals surface area contributed by atoms with E-state index in [2.05, 4.69) is 5.32 Å². The number of nitrogens with one attached hydrogen (secondary N) is 1. The lowest BCUT2D eigenvalue weighted by Crippen LogP contribution is -2.34. The molecule has 9 heteroatoms. The molecule has 0 aliphatic heterocycles. The molecule has 5 nitrogen and oxygen atoms in total. The Morgan fingerprint density at radius 1 is 1.33 bits per heavy atom. The molecule has 0 aromatic heterocycles. The fourth-order valence-electron chi connectivity index (χ4n) is 1.38.